The van der Waals surface area contributed by atoms with E-state index in [0.29, 0.717) is 31.1 Å². The maximum atomic E-state index is 12.9. The summed E-state index contributed by atoms with van der Waals surface area (Å²) in [6, 6.07) is 15.1. The second kappa shape index (κ2) is 9.28. The predicted molar refractivity (Wildman–Crippen MR) is 110 cm³/mol. The van der Waals surface area contributed by atoms with Gasteiger partial charge in [-0.15, -0.1) is 0 Å². The Balaban J connectivity index is 1.61. The minimum absolute atomic E-state index is 0.118. The fourth-order valence-corrected chi connectivity index (χ4v) is 2.94. The summed E-state index contributed by atoms with van der Waals surface area (Å²) in [5.41, 5.74) is 3.33. The molecule has 1 heterocycles. The van der Waals surface area contributed by atoms with Crippen molar-refractivity contribution in [2.45, 2.75) is 27.4 Å². The van der Waals surface area contributed by atoms with E-state index in [1.165, 1.54) is 0 Å². The van der Waals surface area contributed by atoms with E-state index >= 15 is 0 Å². The van der Waals surface area contributed by atoms with Gasteiger partial charge in [0.2, 0.25) is 0 Å². The van der Waals surface area contributed by atoms with Gasteiger partial charge in [-0.25, -0.2) is 0 Å². The molecule has 152 valence electrons. The van der Waals surface area contributed by atoms with Gasteiger partial charge in [0.25, 0.3) is 5.91 Å². The summed E-state index contributed by atoms with van der Waals surface area (Å²) in [7, 11) is 1.76. The number of carbonyl (C=O) groups excluding carboxylic acids is 1. The fourth-order valence-electron chi connectivity index (χ4n) is 2.94. The molecule has 2 aromatic carbocycles. The summed E-state index contributed by atoms with van der Waals surface area (Å²) in [5.74, 6) is 1.93. The van der Waals surface area contributed by atoms with Crippen LogP contribution in [0.5, 0.6) is 11.5 Å². The molecule has 0 aliphatic heterocycles. The number of hydrogen-bond acceptors (Lipinski definition) is 5. The highest BCUT2D eigenvalue weighted by Gasteiger charge is 2.18. The van der Waals surface area contributed by atoms with Crippen molar-refractivity contribution in [2.24, 2.45) is 0 Å². The second-order valence-electron chi connectivity index (χ2n) is 6.98. The monoisotopic (exact) mass is 394 g/mol. The fraction of sp³-hybridized carbons (Fsp3) is 0.304. The van der Waals surface area contributed by atoms with Gasteiger partial charge in [0.1, 0.15) is 30.5 Å². The second-order valence-corrected chi connectivity index (χ2v) is 6.98. The number of aromatic nitrogens is 1. The highest BCUT2D eigenvalue weighted by molar-refractivity contribution is 5.96. The van der Waals surface area contributed by atoms with Crippen LogP contribution in [0.2, 0.25) is 0 Å². The Morgan fingerprint density at radius 1 is 1.07 bits per heavy atom. The molecule has 6 heteroatoms. The van der Waals surface area contributed by atoms with Crippen LogP contribution in [-0.2, 0) is 6.61 Å². The summed E-state index contributed by atoms with van der Waals surface area (Å²) < 4.78 is 16.8. The number of likely N-dealkylation sites (N-methyl/N-ethyl adjacent to an activating group) is 1. The van der Waals surface area contributed by atoms with Gasteiger partial charge in [0, 0.05) is 7.05 Å². The first-order chi connectivity index (χ1) is 14.0. The summed E-state index contributed by atoms with van der Waals surface area (Å²) in [5, 5.41) is 3.93. The number of amides is 1. The SMILES string of the molecule is Cc1cccc(OCCN(C)C(=O)c2ccccc2OCc2c(C)noc2C)c1. The molecule has 1 amide bonds. The number of aryl methyl sites for hydroxylation is 3. The van der Waals surface area contributed by atoms with Crippen LogP contribution in [0.1, 0.15) is 32.9 Å². The maximum Gasteiger partial charge on any atom is 0.257 e. The van der Waals surface area contributed by atoms with Gasteiger partial charge in [-0.2, -0.15) is 0 Å². The molecule has 0 aliphatic carbocycles. The van der Waals surface area contributed by atoms with Gasteiger partial charge in [-0.05, 0) is 50.6 Å². The van der Waals surface area contributed by atoms with E-state index in [0.717, 1.165) is 28.3 Å². The van der Waals surface area contributed by atoms with Gasteiger partial charge in [-0.1, -0.05) is 29.4 Å². The number of rotatable bonds is 8. The van der Waals surface area contributed by atoms with Gasteiger partial charge < -0.3 is 18.9 Å². The lowest BCUT2D eigenvalue weighted by Crippen LogP contribution is -2.31. The summed E-state index contributed by atoms with van der Waals surface area (Å²) in [6.45, 7) is 6.90. The van der Waals surface area contributed by atoms with Crippen molar-refractivity contribution >= 4 is 5.91 Å². The minimum atomic E-state index is -0.118. The number of ether oxygens (including phenoxy) is 2. The van der Waals surface area contributed by atoms with E-state index < -0.39 is 0 Å². The number of nitrogens with zero attached hydrogens (tertiary/aromatic N) is 2. The molecule has 0 saturated heterocycles. The Hall–Kier alpha value is -3.28. The average Bonchev–Trinajstić information content (AvgIpc) is 3.03. The van der Waals surface area contributed by atoms with Crippen molar-refractivity contribution in [1.82, 2.24) is 10.1 Å². The first kappa shape index (κ1) is 20.5. The van der Waals surface area contributed by atoms with Gasteiger partial charge in [0.15, 0.2) is 0 Å². The van der Waals surface area contributed by atoms with Gasteiger partial charge >= 0.3 is 0 Å². The van der Waals surface area contributed by atoms with Crippen molar-refractivity contribution in [3.05, 3.63) is 76.7 Å². The van der Waals surface area contributed by atoms with Gasteiger partial charge in [0.05, 0.1) is 23.4 Å². The molecule has 3 rings (SSSR count). The molecule has 29 heavy (non-hydrogen) atoms. The third-order valence-electron chi connectivity index (χ3n) is 4.70. The normalized spacial score (nSPS) is 10.6. The Kier molecular flexibility index (Phi) is 6.54. The summed E-state index contributed by atoms with van der Waals surface area (Å²) in [6.07, 6.45) is 0. The van der Waals surface area contributed by atoms with Crippen LogP contribution < -0.4 is 9.47 Å². The van der Waals surface area contributed by atoms with E-state index in [9.17, 15) is 4.79 Å². The predicted octanol–water partition coefficient (Wildman–Crippen LogP) is 4.33. The third kappa shape index (κ3) is 5.16. The van der Waals surface area contributed by atoms with Crippen LogP contribution in [-0.4, -0.2) is 36.2 Å². The molecule has 0 spiro atoms. The largest absolute Gasteiger partial charge is 0.492 e. The Morgan fingerprint density at radius 2 is 1.86 bits per heavy atom. The molecule has 0 saturated carbocycles. The van der Waals surface area contributed by atoms with Crippen LogP contribution >= 0.6 is 0 Å². The Labute approximate surface area is 171 Å². The summed E-state index contributed by atoms with van der Waals surface area (Å²) >= 11 is 0. The third-order valence-corrected chi connectivity index (χ3v) is 4.70. The van der Waals surface area contributed by atoms with Crippen LogP contribution in [0, 0.1) is 20.8 Å². The number of para-hydroxylation sites is 1. The Bertz CT molecular complexity index is 961. The molecule has 0 fully saturated rings. The quantitative estimate of drug-likeness (QED) is 0.569. The lowest BCUT2D eigenvalue weighted by atomic mass is 10.1. The Morgan fingerprint density at radius 3 is 2.59 bits per heavy atom. The highest BCUT2D eigenvalue weighted by atomic mass is 16.5. The molecule has 0 aliphatic rings. The van der Waals surface area contributed by atoms with Crippen LogP contribution in [0.4, 0.5) is 0 Å². The van der Waals surface area contributed by atoms with Crippen LogP contribution in [0.15, 0.2) is 53.1 Å². The van der Waals surface area contributed by atoms with E-state index in [-0.39, 0.29) is 5.91 Å². The van der Waals surface area contributed by atoms with Crippen molar-refractivity contribution < 1.29 is 18.8 Å². The zero-order valence-corrected chi connectivity index (χ0v) is 17.3. The molecule has 0 atom stereocenters. The topological polar surface area (TPSA) is 64.8 Å². The molecule has 0 unspecified atom stereocenters. The van der Waals surface area contributed by atoms with Crippen molar-refractivity contribution in [1.29, 1.82) is 0 Å². The molecule has 3 aromatic rings. The highest BCUT2D eigenvalue weighted by Crippen LogP contribution is 2.22. The van der Waals surface area contributed by atoms with E-state index in [2.05, 4.69) is 5.16 Å². The lowest BCUT2D eigenvalue weighted by molar-refractivity contribution is 0.0769. The standard InChI is InChI=1S/C23H26N2O4/c1-16-8-7-9-19(14-16)27-13-12-25(4)23(26)20-10-5-6-11-22(20)28-15-21-17(2)24-29-18(21)3/h5-11,14H,12-13,15H2,1-4H3. The van der Waals surface area contributed by atoms with E-state index in [1.54, 1.807) is 24.1 Å². The average molecular weight is 394 g/mol. The first-order valence-corrected chi connectivity index (χ1v) is 9.54. The molecule has 0 radical (unpaired) electrons. The number of carbonyl (C=O) groups is 1. The van der Waals surface area contributed by atoms with Gasteiger partial charge in [-0.3, -0.25) is 4.79 Å². The molecule has 1 aromatic heterocycles. The summed E-state index contributed by atoms with van der Waals surface area (Å²) in [4.78, 5) is 14.5. The minimum Gasteiger partial charge on any atom is -0.492 e. The van der Waals surface area contributed by atoms with Crippen molar-refractivity contribution in [3.63, 3.8) is 0 Å². The van der Waals surface area contributed by atoms with Crippen molar-refractivity contribution in [3.8, 4) is 11.5 Å². The maximum absolute atomic E-state index is 12.9. The molecular formula is C23H26N2O4. The molecule has 6 nitrogen and oxygen atoms in total. The van der Waals surface area contributed by atoms with E-state index in [1.807, 2.05) is 57.2 Å². The number of benzene rings is 2. The zero-order chi connectivity index (χ0) is 20.8. The van der Waals surface area contributed by atoms with Crippen LogP contribution in [0.3, 0.4) is 0 Å². The van der Waals surface area contributed by atoms with Crippen LogP contribution in [0.25, 0.3) is 0 Å². The first-order valence-electron chi connectivity index (χ1n) is 9.54. The number of hydrogen-bond donors (Lipinski definition) is 0. The molecule has 0 N–H and O–H groups in total. The zero-order valence-electron chi connectivity index (χ0n) is 17.3. The molecular weight excluding hydrogens is 368 g/mol. The van der Waals surface area contributed by atoms with E-state index in [4.69, 9.17) is 14.0 Å². The molecule has 0 bridgehead atoms. The lowest BCUT2D eigenvalue weighted by Gasteiger charge is -2.19. The van der Waals surface area contributed by atoms with Crippen molar-refractivity contribution in [2.75, 3.05) is 20.2 Å². The smallest absolute Gasteiger partial charge is 0.257 e.